The molecule has 94 valence electrons. The van der Waals surface area contributed by atoms with Crippen LogP contribution in [0.4, 0.5) is 0 Å². The third kappa shape index (κ3) is 2.78. The molecule has 2 rings (SSSR count). The number of nitrogens with zero attached hydrogens (tertiary/aromatic N) is 1. The minimum Gasteiger partial charge on any atom is -0.330 e. The fourth-order valence-corrected chi connectivity index (χ4v) is 3.69. The average Bonchev–Trinajstić information content (AvgIpc) is 2.54. The van der Waals surface area contributed by atoms with E-state index in [-0.39, 0.29) is 0 Å². The molecule has 1 aliphatic heterocycles. The summed E-state index contributed by atoms with van der Waals surface area (Å²) in [6.45, 7) is 4.63. The molecule has 0 amide bonds. The first-order chi connectivity index (χ1) is 7.83. The molecule has 3 atom stereocenters. The highest BCUT2D eigenvalue weighted by Gasteiger charge is 2.31. The first-order valence-corrected chi connectivity index (χ1v) is 7.28. The molecule has 0 aromatic rings. The molecule has 0 aromatic carbocycles. The van der Waals surface area contributed by atoms with Gasteiger partial charge in [-0.1, -0.05) is 25.7 Å². The van der Waals surface area contributed by atoms with Gasteiger partial charge in [0, 0.05) is 12.1 Å². The third-order valence-corrected chi connectivity index (χ3v) is 4.70. The van der Waals surface area contributed by atoms with E-state index in [0.29, 0.717) is 0 Å². The lowest BCUT2D eigenvalue weighted by molar-refractivity contribution is 0.0668. The Labute approximate surface area is 101 Å². The fourth-order valence-electron chi connectivity index (χ4n) is 3.69. The Morgan fingerprint density at radius 3 is 2.50 bits per heavy atom. The lowest BCUT2D eigenvalue weighted by Gasteiger charge is -2.42. The first-order valence-electron chi connectivity index (χ1n) is 7.28. The second kappa shape index (κ2) is 6.02. The number of rotatable bonds is 2. The maximum Gasteiger partial charge on any atom is 0.0138 e. The van der Waals surface area contributed by atoms with Crippen LogP contribution in [0.1, 0.15) is 58.3 Å². The molecule has 1 saturated heterocycles. The molecule has 1 aliphatic carbocycles. The van der Waals surface area contributed by atoms with Gasteiger partial charge in [-0.3, -0.25) is 4.90 Å². The molecule has 2 heteroatoms. The quantitative estimate of drug-likeness (QED) is 0.731. The van der Waals surface area contributed by atoms with Crippen LogP contribution in [0, 0.1) is 5.92 Å². The molecule has 0 aromatic heterocycles. The van der Waals surface area contributed by atoms with Gasteiger partial charge in [-0.15, -0.1) is 0 Å². The van der Waals surface area contributed by atoms with E-state index in [4.69, 9.17) is 5.73 Å². The zero-order valence-electron chi connectivity index (χ0n) is 10.8. The Balaban J connectivity index is 2.02. The minimum absolute atomic E-state index is 0.767. The number of likely N-dealkylation sites (tertiary alicyclic amines) is 1. The molecular weight excluding hydrogens is 196 g/mol. The molecule has 1 heterocycles. The van der Waals surface area contributed by atoms with Crippen LogP contribution in [0.5, 0.6) is 0 Å². The van der Waals surface area contributed by atoms with Gasteiger partial charge in [0.05, 0.1) is 0 Å². The number of nitrogens with two attached hydrogens (primary N) is 1. The highest BCUT2D eigenvalue weighted by atomic mass is 15.2. The highest BCUT2D eigenvalue weighted by molar-refractivity contribution is 4.87. The van der Waals surface area contributed by atoms with Crippen molar-refractivity contribution in [3.05, 3.63) is 0 Å². The Morgan fingerprint density at radius 1 is 1.00 bits per heavy atom. The van der Waals surface area contributed by atoms with Crippen LogP contribution in [-0.2, 0) is 0 Å². The molecule has 2 N–H and O–H groups in total. The van der Waals surface area contributed by atoms with Crippen LogP contribution >= 0.6 is 0 Å². The largest absolute Gasteiger partial charge is 0.330 e. The van der Waals surface area contributed by atoms with Crippen LogP contribution in [-0.4, -0.2) is 30.1 Å². The van der Waals surface area contributed by atoms with E-state index in [9.17, 15) is 0 Å². The Hall–Kier alpha value is -0.0800. The van der Waals surface area contributed by atoms with E-state index in [2.05, 4.69) is 11.8 Å². The van der Waals surface area contributed by atoms with Crippen molar-refractivity contribution in [1.82, 2.24) is 4.90 Å². The molecule has 2 nitrogen and oxygen atoms in total. The fraction of sp³-hybridized carbons (Fsp3) is 1.00. The summed E-state index contributed by atoms with van der Waals surface area (Å²) in [6.07, 6.45) is 11.2. The molecule has 3 unspecified atom stereocenters. The SMILES string of the molecule is CC1CCCCN1C1CCCCCC1CN. The highest BCUT2D eigenvalue weighted by Crippen LogP contribution is 2.31. The molecule has 16 heavy (non-hydrogen) atoms. The van der Waals surface area contributed by atoms with Gasteiger partial charge in [-0.25, -0.2) is 0 Å². The van der Waals surface area contributed by atoms with Gasteiger partial charge >= 0.3 is 0 Å². The standard InChI is InChI=1S/C14H28N2/c1-12-7-5-6-10-16(12)14-9-4-2-3-8-13(14)11-15/h12-14H,2-11,15H2,1H3. The summed E-state index contributed by atoms with van der Waals surface area (Å²) in [5.41, 5.74) is 5.99. The van der Waals surface area contributed by atoms with E-state index >= 15 is 0 Å². The summed E-state index contributed by atoms with van der Waals surface area (Å²) in [4.78, 5) is 2.78. The second-order valence-electron chi connectivity index (χ2n) is 5.78. The van der Waals surface area contributed by atoms with Crippen molar-refractivity contribution in [1.29, 1.82) is 0 Å². The summed E-state index contributed by atoms with van der Waals surface area (Å²) in [5.74, 6) is 0.767. The lowest BCUT2D eigenvalue weighted by Crippen LogP contribution is -2.49. The van der Waals surface area contributed by atoms with Gasteiger partial charge in [0.25, 0.3) is 0 Å². The van der Waals surface area contributed by atoms with Crippen LogP contribution in [0.2, 0.25) is 0 Å². The first kappa shape index (κ1) is 12.4. The minimum atomic E-state index is 0.767. The van der Waals surface area contributed by atoms with E-state index in [1.807, 2.05) is 0 Å². The molecule has 0 spiro atoms. The maximum atomic E-state index is 5.99. The normalized spacial score (nSPS) is 38.2. The van der Waals surface area contributed by atoms with Crippen LogP contribution in [0.25, 0.3) is 0 Å². The smallest absolute Gasteiger partial charge is 0.0138 e. The number of piperidine rings is 1. The molecular formula is C14H28N2. The molecule has 2 fully saturated rings. The van der Waals surface area contributed by atoms with Crippen molar-refractivity contribution in [2.45, 2.75) is 70.4 Å². The summed E-state index contributed by atoms with van der Waals surface area (Å²) in [5, 5.41) is 0. The molecule has 0 radical (unpaired) electrons. The summed E-state index contributed by atoms with van der Waals surface area (Å²) < 4.78 is 0. The zero-order valence-corrected chi connectivity index (χ0v) is 10.8. The summed E-state index contributed by atoms with van der Waals surface area (Å²) in [6, 6.07) is 1.59. The molecule has 0 bridgehead atoms. The number of hydrogen-bond donors (Lipinski definition) is 1. The Morgan fingerprint density at radius 2 is 1.75 bits per heavy atom. The summed E-state index contributed by atoms with van der Waals surface area (Å²) >= 11 is 0. The predicted octanol–water partition coefficient (Wildman–Crippen LogP) is 2.77. The van der Waals surface area contributed by atoms with E-state index < -0.39 is 0 Å². The van der Waals surface area contributed by atoms with Crippen LogP contribution < -0.4 is 5.73 Å². The van der Waals surface area contributed by atoms with Crippen molar-refractivity contribution in [3.63, 3.8) is 0 Å². The topological polar surface area (TPSA) is 29.3 Å². The van der Waals surface area contributed by atoms with Gasteiger partial charge in [-0.2, -0.15) is 0 Å². The Kier molecular flexibility index (Phi) is 4.66. The molecule has 2 aliphatic rings. The van der Waals surface area contributed by atoms with Crippen molar-refractivity contribution >= 4 is 0 Å². The van der Waals surface area contributed by atoms with Crippen LogP contribution in [0.15, 0.2) is 0 Å². The predicted molar refractivity (Wildman–Crippen MR) is 69.4 cm³/mol. The van der Waals surface area contributed by atoms with Gasteiger partial charge in [0.1, 0.15) is 0 Å². The monoisotopic (exact) mass is 224 g/mol. The van der Waals surface area contributed by atoms with Crippen molar-refractivity contribution in [2.24, 2.45) is 11.7 Å². The van der Waals surface area contributed by atoms with Crippen molar-refractivity contribution < 1.29 is 0 Å². The average molecular weight is 224 g/mol. The van der Waals surface area contributed by atoms with E-state index in [1.54, 1.807) is 0 Å². The van der Waals surface area contributed by atoms with Crippen LogP contribution in [0.3, 0.4) is 0 Å². The van der Waals surface area contributed by atoms with Crippen molar-refractivity contribution in [2.75, 3.05) is 13.1 Å². The van der Waals surface area contributed by atoms with Gasteiger partial charge < -0.3 is 5.73 Å². The summed E-state index contributed by atoms with van der Waals surface area (Å²) in [7, 11) is 0. The lowest BCUT2D eigenvalue weighted by atomic mass is 9.90. The van der Waals surface area contributed by atoms with E-state index in [0.717, 1.165) is 24.5 Å². The Bertz CT molecular complexity index is 205. The van der Waals surface area contributed by atoms with Gasteiger partial charge in [0.15, 0.2) is 0 Å². The number of hydrogen-bond acceptors (Lipinski definition) is 2. The second-order valence-corrected chi connectivity index (χ2v) is 5.78. The van der Waals surface area contributed by atoms with E-state index in [1.165, 1.54) is 57.9 Å². The van der Waals surface area contributed by atoms with Crippen molar-refractivity contribution in [3.8, 4) is 0 Å². The van der Waals surface area contributed by atoms with Gasteiger partial charge in [-0.05, 0) is 51.6 Å². The maximum absolute atomic E-state index is 5.99. The van der Waals surface area contributed by atoms with Gasteiger partial charge in [0.2, 0.25) is 0 Å². The third-order valence-electron chi connectivity index (χ3n) is 4.70. The zero-order chi connectivity index (χ0) is 11.4. The molecule has 1 saturated carbocycles.